The lowest BCUT2D eigenvalue weighted by Crippen LogP contribution is -2.45. The van der Waals surface area contributed by atoms with Crippen LogP contribution in [0.15, 0.2) is 18.2 Å². The summed E-state index contributed by atoms with van der Waals surface area (Å²) in [6.45, 7) is 4.17. The lowest BCUT2D eigenvalue weighted by molar-refractivity contribution is 0.0995. The Morgan fingerprint density at radius 3 is 2.82 bits per heavy atom. The molecule has 1 amide bonds. The van der Waals surface area contributed by atoms with Crippen LogP contribution in [0.4, 0.5) is 5.82 Å². The van der Waals surface area contributed by atoms with Gasteiger partial charge >= 0.3 is 0 Å². The Labute approximate surface area is 101 Å². The summed E-state index contributed by atoms with van der Waals surface area (Å²) in [4.78, 5) is 15.3. The summed E-state index contributed by atoms with van der Waals surface area (Å²) in [7, 11) is 0. The molecule has 92 valence electrons. The summed E-state index contributed by atoms with van der Waals surface area (Å²) in [5, 5.41) is 6.71. The zero-order valence-electron chi connectivity index (χ0n) is 9.99. The molecule has 0 bridgehead atoms. The zero-order valence-corrected chi connectivity index (χ0v) is 9.99. The number of carbonyl (C=O) groups is 1. The molecule has 0 atom stereocenters. The number of nitrogens with one attached hydrogen (secondary N) is 2. The lowest BCUT2D eigenvalue weighted by atomic mass is 9.90. The second kappa shape index (κ2) is 4.71. The molecule has 5 heteroatoms. The van der Waals surface area contributed by atoms with E-state index < -0.39 is 5.91 Å². The van der Waals surface area contributed by atoms with Gasteiger partial charge in [0.1, 0.15) is 11.5 Å². The fourth-order valence-electron chi connectivity index (χ4n) is 2.05. The molecule has 1 fully saturated rings. The first-order valence-electron chi connectivity index (χ1n) is 5.85. The van der Waals surface area contributed by atoms with Gasteiger partial charge in [-0.3, -0.25) is 4.79 Å². The summed E-state index contributed by atoms with van der Waals surface area (Å²) >= 11 is 0. The summed E-state index contributed by atoms with van der Waals surface area (Å²) < 4.78 is 0. The first-order valence-corrected chi connectivity index (χ1v) is 5.85. The number of nitrogens with zero attached hydrogens (tertiary/aromatic N) is 1. The Balaban J connectivity index is 2.12. The van der Waals surface area contributed by atoms with Crippen molar-refractivity contribution >= 4 is 11.7 Å². The van der Waals surface area contributed by atoms with E-state index in [4.69, 9.17) is 5.73 Å². The molecule has 5 nitrogen and oxygen atoms in total. The van der Waals surface area contributed by atoms with Crippen LogP contribution < -0.4 is 16.4 Å². The maximum absolute atomic E-state index is 11.0. The summed E-state index contributed by atoms with van der Waals surface area (Å²) in [5.74, 6) is 0.217. The molecule has 1 aliphatic rings. The van der Waals surface area contributed by atoms with Gasteiger partial charge in [-0.25, -0.2) is 4.98 Å². The van der Waals surface area contributed by atoms with Gasteiger partial charge in [0.25, 0.3) is 5.91 Å². The molecule has 2 rings (SSSR count). The van der Waals surface area contributed by atoms with Crippen LogP contribution in [0.1, 0.15) is 30.3 Å². The number of primary amides is 1. The highest BCUT2D eigenvalue weighted by molar-refractivity contribution is 5.91. The van der Waals surface area contributed by atoms with Gasteiger partial charge in [0.05, 0.1) is 0 Å². The number of nitrogens with two attached hydrogens (primary N) is 1. The number of piperidine rings is 1. The Morgan fingerprint density at radius 1 is 1.47 bits per heavy atom. The van der Waals surface area contributed by atoms with Crippen molar-refractivity contribution in [1.29, 1.82) is 0 Å². The average molecular weight is 234 g/mol. The minimum atomic E-state index is -0.496. The number of anilines is 1. The van der Waals surface area contributed by atoms with Crippen molar-refractivity contribution in [3.8, 4) is 0 Å². The quantitative estimate of drug-likeness (QED) is 0.720. The fraction of sp³-hybridized carbons (Fsp3) is 0.500. The average Bonchev–Trinajstić information content (AvgIpc) is 2.29. The molecule has 1 aromatic heterocycles. The summed E-state index contributed by atoms with van der Waals surface area (Å²) in [6.07, 6.45) is 2.07. The molecule has 0 saturated carbocycles. The SMILES string of the molecule is CC1(Nc2cccc(C(N)=O)n2)CCNCC1. The molecule has 0 spiro atoms. The van der Waals surface area contributed by atoms with Gasteiger partial charge in [0.2, 0.25) is 0 Å². The second-order valence-corrected chi connectivity index (χ2v) is 4.71. The Hall–Kier alpha value is -1.62. The molecule has 4 N–H and O–H groups in total. The zero-order chi connectivity index (χ0) is 12.3. The van der Waals surface area contributed by atoms with Crippen LogP contribution >= 0.6 is 0 Å². The molecule has 1 saturated heterocycles. The Morgan fingerprint density at radius 2 is 2.18 bits per heavy atom. The number of aromatic nitrogens is 1. The summed E-state index contributed by atoms with van der Waals surface area (Å²) in [5.41, 5.74) is 5.54. The van der Waals surface area contributed by atoms with Gasteiger partial charge in [-0.15, -0.1) is 0 Å². The highest BCUT2D eigenvalue weighted by atomic mass is 16.1. The molecule has 0 aromatic carbocycles. The molecular weight excluding hydrogens is 216 g/mol. The fourth-order valence-corrected chi connectivity index (χ4v) is 2.05. The van der Waals surface area contributed by atoms with Gasteiger partial charge in [0, 0.05) is 5.54 Å². The van der Waals surface area contributed by atoms with E-state index in [0.29, 0.717) is 11.5 Å². The number of amides is 1. The van der Waals surface area contributed by atoms with Gasteiger partial charge in [-0.1, -0.05) is 6.07 Å². The number of pyridine rings is 1. The van der Waals surface area contributed by atoms with Crippen molar-refractivity contribution in [2.24, 2.45) is 5.73 Å². The van der Waals surface area contributed by atoms with Gasteiger partial charge in [-0.2, -0.15) is 0 Å². The van der Waals surface area contributed by atoms with Crippen LogP contribution in [0, 0.1) is 0 Å². The highest BCUT2D eigenvalue weighted by Crippen LogP contribution is 2.22. The van der Waals surface area contributed by atoms with Crippen LogP contribution in [-0.4, -0.2) is 29.5 Å². The number of hydrogen-bond acceptors (Lipinski definition) is 4. The molecule has 2 heterocycles. The maximum Gasteiger partial charge on any atom is 0.267 e. The second-order valence-electron chi connectivity index (χ2n) is 4.71. The van der Waals surface area contributed by atoms with Gasteiger partial charge in [0.15, 0.2) is 0 Å². The van der Waals surface area contributed by atoms with E-state index in [1.54, 1.807) is 12.1 Å². The topological polar surface area (TPSA) is 80.0 Å². The van der Waals surface area contributed by atoms with Crippen molar-refractivity contribution in [2.45, 2.75) is 25.3 Å². The maximum atomic E-state index is 11.0. The lowest BCUT2D eigenvalue weighted by Gasteiger charge is -2.35. The standard InChI is InChI=1S/C12H18N4O/c1-12(5-7-14-8-6-12)16-10-4-2-3-9(15-10)11(13)17/h2-4,14H,5-8H2,1H3,(H2,13,17)(H,15,16). The largest absolute Gasteiger partial charge is 0.365 e. The third-order valence-corrected chi connectivity index (χ3v) is 3.14. The van der Waals surface area contributed by atoms with Crippen LogP contribution in [-0.2, 0) is 0 Å². The predicted octanol–water partition coefficient (Wildman–Crippen LogP) is 0.734. The van der Waals surface area contributed by atoms with Crippen LogP contribution in [0.5, 0.6) is 0 Å². The van der Waals surface area contributed by atoms with Crippen molar-refractivity contribution < 1.29 is 4.79 Å². The molecule has 1 aromatic rings. The van der Waals surface area contributed by atoms with Crippen molar-refractivity contribution in [2.75, 3.05) is 18.4 Å². The van der Waals surface area contributed by atoms with Crippen LogP contribution in [0.3, 0.4) is 0 Å². The summed E-state index contributed by atoms with van der Waals surface area (Å²) in [6, 6.07) is 5.28. The van der Waals surface area contributed by atoms with E-state index in [-0.39, 0.29) is 5.54 Å². The minimum Gasteiger partial charge on any atom is -0.365 e. The molecule has 1 aliphatic heterocycles. The van der Waals surface area contributed by atoms with Crippen LogP contribution in [0.2, 0.25) is 0 Å². The third-order valence-electron chi connectivity index (χ3n) is 3.14. The Kier molecular flexibility index (Phi) is 3.28. The van der Waals surface area contributed by atoms with Crippen molar-refractivity contribution in [3.63, 3.8) is 0 Å². The number of carbonyl (C=O) groups excluding carboxylic acids is 1. The first-order chi connectivity index (χ1) is 8.09. The van der Waals surface area contributed by atoms with E-state index in [1.807, 2.05) is 6.07 Å². The van der Waals surface area contributed by atoms with Crippen molar-refractivity contribution in [3.05, 3.63) is 23.9 Å². The number of rotatable bonds is 3. The van der Waals surface area contributed by atoms with E-state index in [0.717, 1.165) is 25.9 Å². The molecule has 17 heavy (non-hydrogen) atoms. The number of hydrogen-bond donors (Lipinski definition) is 3. The smallest absolute Gasteiger partial charge is 0.267 e. The van der Waals surface area contributed by atoms with Gasteiger partial charge in [-0.05, 0) is 45.0 Å². The predicted molar refractivity (Wildman–Crippen MR) is 66.9 cm³/mol. The van der Waals surface area contributed by atoms with E-state index in [9.17, 15) is 4.79 Å². The monoisotopic (exact) mass is 234 g/mol. The molecule has 0 aliphatic carbocycles. The van der Waals surface area contributed by atoms with E-state index >= 15 is 0 Å². The first kappa shape index (κ1) is 11.9. The highest BCUT2D eigenvalue weighted by Gasteiger charge is 2.26. The van der Waals surface area contributed by atoms with Gasteiger partial charge < -0.3 is 16.4 Å². The van der Waals surface area contributed by atoms with Crippen molar-refractivity contribution in [1.82, 2.24) is 10.3 Å². The molecule has 0 unspecified atom stereocenters. The van der Waals surface area contributed by atoms with E-state index in [1.165, 1.54) is 0 Å². The third kappa shape index (κ3) is 2.94. The molecule has 0 radical (unpaired) electrons. The van der Waals surface area contributed by atoms with E-state index in [2.05, 4.69) is 22.5 Å². The molecular formula is C12H18N4O. The Bertz CT molecular complexity index is 413. The normalized spacial score (nSPS) is 18.6. The van der Waals surface area contributed by atoms with Crippen LogP contribution in [0.25, 0.3) is 0 Å². The minimum absolute atomic E-state index is 0.0362.